The number of carbonyl (C=O) groups excluding carboxylic acids is 1. The zero-order chi connectivity index (χ0) is 17.2. The van der Waals surface area contributed by atoms with E-state index < -0.39 is 0 Å². The molecule has 0 saturated carbocycles. The highest BCUT2D eigenvalue weighted by Crippen LogP contribution is 2.33. The molecule has 126 valence electrons. The van der Waals surface area contributed by atoms with Crippen LogP contribution in [0.3, 0.4) is 0 Å². The van der Waals surface area contributed by atoms with Crippen molar-refractivity contribution in [2.24, 2.45) is 0 Å². The molecule has 0 radical (unpaired) electrons. The van der Waals surface area contributed by atoms with Gasteiger partial charge in [-0.2, -0.15) is 0 Å². The molecule has 4 rings (SSSR count). The van der Waals surface area contributed by atoms with E-state index >= 15 is 0 Å². The highest BCUT2D eigenvalue weighted by molar-refractivity contribution is 7.20. The summed E-state index contributed by atoms with van der Waals surface area (Å²) in [5, 5.41) is 2.05. The zero-order valence-electron chi connectivity index (χ0n) is 13.6. The van der Waals surface area contributed by atoms with Crippen LogP contribution < -0.4 is 0 Å². The Morgan fingerprint density at radius 3 is 2.76 bits per heavy atom. The summed E-state index contributed by atoms with van der Waals surface area (Å²) >= 11 is 3.05. The van der Waals surface area contributed by atoms with Crippen molar-refractivity contribution >= 4 is 39.0 Å². The molecule has 0 saturated heterocycles. The fourth-order valence-corrected chi connectivity index (χ4v) is 4.39. The van der Waals surface area contributed by atoms with Gasteiger partial charge in [0.1, 0.15) is 9.71 Å². The lowest BCUT2D eigenvalue weighted by molar-refractivity contribution is 0.0532. The minimum Gasteiger partial charge on any atom is -0.462 e. The highest BCUT2D eigenvalue weighted by atomic mass is 32.1. The predicted octanol–water partition coefficient (Wildman–Crippen LogP) is 5.05. The smallest absolute Gasteiger partial charge is 0.348 e. The Morgan fingerprint density at radius 2 is 2.04 bits per heavy atom. The van der Waals surface area contributed by atoms with Crippen molar-refractivity contribution < 1.29 is 9.53 Å². The fraction of sp³-hybridized carbons (Fsp3) is 0.158. The van der Waals surface area contributed by atoms with Gasteiger partial charge in [0.25, 0.3) is 0 Å². The Morgan fingerprint density at radius 1 is 1.20 bits per heavy atom. The summed E-state index contributed by atoms with van der Waals surface area (Å²) < 4.78 is 7.30. The number of hydrogen-bond donors (Lipinski definition) is 0. The van der Waals surface area contributed by atoms with Crippen molar-refractivity contribution in [1.82, 2.24) is 9.55 Å². The van der Waals surface area contributed by atoms with Gasteiger partial charge < -0.3 is 9.30 Å². The first-order chi connectivity index (χ1) is 12.3. The first-order valence-corrected chi connectivity index (χ1v) is 9.71. The normalized spacial score (nSPS) is 11.1. The van der Waals surface area contributed by atoms with Crippen LogP contribution in [0.2, 0.25) is 0 Å². The number of fused-ring (bicyclic) bond motifs is 1. The van der Waals surface area contributed by atoms with Gasteiger partial charge in [0.2, 0.25) is 0 Å². The number of imidazole rings is 1. The molecule has 0 aliphatic heterocycles. The van der Waals surface area contributed by atoms with Crippen molar-refractivity contribution in [3.8, 4) is 10.7 Å². The van der Waals surface area contributed by atoms with E-state index in [1.807, 2.05) is 37.3 Å². The monoisotopic (exact) mass is 368 g/mol. The maximum absolute atomic E-state index is 12.0. The largest absolute Gasteiger partial charge is 0.462 e. The van der Waals surface area contributed by atoms with E-state index in [2.05, 4.69) is 28.1 Å². The van der Waals surface area contributed by atoms with Crippen LogP contribution in [-0.2, 0) is 11.3 Å². The molecular weight excluding hydrogens is 352 g/mol. The molecule has 0 aliphatic carbocycles. The van der Waals surface area contributed by atoms with Crippen LogP contribution in [0.25, 0.3) is 21.0 Å². The van der Waals surface area contributed by atoms with E-state index in [9.17, 15) is 4.79 Å². The van der Waals surface area contributed by atoms with Gasteiger partial charge in [0, 0.05) is 6.54 Å². The van der Waals surface area contributed by atoms with Gasteiger partial charge in [0.15, 0.2) is 5.82 Å². The second-order valence-electron chi connectivity index (χ2n) is 5.51. The molecule has 3 heterocycles. The van der Waals surface area contributed by atoms with Gasteiger partial charge in [-0.3, -0.25) is 0 Å². The summed E-state index contributed by atoms with van der Waals surface area (Å²) in [5.41, 5.74) is 2.17. The summed E-state index contributed by atoms with van der Waals surface area (Å²) in [6, 6.07) is 16.3. The summed E-state index contributed by atoms with van der Waals surface area (Å²) in [7, 11) is 0. The maximum Gasteiger partial charge on any atom is 0.348 e. The average molecular weight is 368 g/mol. The fourth-order valence-electron chi connectivity index (χ4n) is 2.74. The number of rotatable bonds is 5. The molecule has 1 aromatic carbocycles. The number of aromatic nitrogens is 2. The molecular formula is C19H16N2O2S2. The SMILES string of the molecule is CCOC(=O)c1cc2c(nc(-c3cccs3)n2Cc2ccccc2)s1. The molecule has 0 atom stereocenters. The minimum absolute atomic E-state index is 0.283. The van der Waals surface area contributed by atoms with Crippen LogP contribution in [0.15, 0.2) is 53.9 Å². The first-order valence-electron chi connectivity index (χ1n) is 8.01. The van der Waals surface area contributed by atoms with Crippen LogP contribution in [0.4, 0.5) is 0 Å². The van der Waals surface area contributed by atoms with Crippen molar-refractivity contribution in [2.75, 3.05) is 6.61 Å². The predicted molar refractivity (Wildman–Crippen MR) is 102 cm³/mol. The third-order valence-electron chi connectivity index (χ3n) is 3.85. The van der Waals surface area contributed by atoms with E-state index in [-0.39, 0.29) is 5.97 Å². The van der Waals surface area contributed by atoms with Gasteiger partial charge in [-0.25, -0.2) is 9.78 Å². The van der Waals surface area contributed by atoms with Crippen LogP contribution in [-0.4, -0.2) is 22.1 Å². The van der Waals surface area contributed by atoms with Gasteiger partial charge in [0.05, 0.1) is 17.0 Å². The van der Waals surface area contributed by atoms with E-state index in [4.69, 9.17) is 9.72 Å². The number of hydrogen-bond acceptors (Lipinski definition) is 5. The van der Waals surface area contributed by atoms with Crippen molar-refractivity contribution in [3.05, 3.63) is 64.4 Å². The number of nitrogens with zero attached hydrogens (tertiary/aromatic N) is 2. The second kappa shape index (κ2) is 6.82. The molecule has 6 heteroatoms. The third-order valence-corrected chi connectivity index (χ3v) is 5.71. The molecule has 0 unspecified atom stereocenters. The van der Waals surface area contributed by atoms with Crippen LogP contribution >= 0.6 is 22.7 Å². The molecule has 25 heavy (non-hydrogen) atoms. The quantitative estimate of drug-likeness (QED) is 0.463. The summed E-state index contributed by atoms with van der Waals surface area (Å²) in [4.78, 5) is 19.4. The summed E-state index contributed by atoms with van der Waals surface area (Å²) in [5.74, 6) is 0.657. The van der Waals surface area contributed by atoms with Crippen molar-refractivity contribution in [1.29, 1.82) is 0 Å². The van der Waals surface area contributed by atoms with E-state index in [0.29, 0.717) is 18.0 Å². The Kier molecular flexibility index (Phi) is 4.38. The molecule has 0 fully saturated rings. The Bertz CT molecular complexity index is 1000. The molecule has 0 aliphatic rings. The standard InChI is InChI=1S/C19H16N2O2S2/c1-2-23-19(22)16-11-14-18(25-16)20-17(15-9-6-10-24-15)21(14)12-13-7-4-3-5-8-13/h3-11H,2,12H2,1H3. The maximum atomic E-state index is 12.0. The minimum atomic E-state index is -0.283. The topological polar surface area (TPSA) is 44.1 Å². The lowest BCUT2D eigenvalue weighted by atomic mass is 10.2. The molecule has 0 spiro atoms. The second-order valence-corrected chi connectivity index (χ2v) is 7.48. The van der Waals surface area contributed by atoms with Gasteiger partial charge in [-0.15, -0.1) is 22.7 Å². The Hall–Kier alpha value is -2.44. The molecule has 0 N–H and O–H groups in total. The van der Waals surface area contributed by atoms with Crippen LogP contribution in [0.1, 0.15) is 22.2 Å². The number of carbonyl (C=O) groups is 1. The molecule has 3 aromatic heterocycles. The lowest BCUT2D eigenvalue weighted by Gasteiger charge is -2.08. The number of ether oxygens (including phenoxy) is 1. The van der Waals surface area contributed by atoms with Gasteiger partial charge in [-0.1, -0.05) is 36.4 Å². The molecule has 4 nitrogen and oxygen atoms in total. The number of thiophene rings is 2. The van der Waals surface area contributed by atoms with Crippen molar-refractivity contribution in [3.63, 3.8) is 0 Å². The van der Waals surface area contributed by atoms with Crippen molar-refractivity contribution in [2.45, 2.75) is 13.5 Å². The molecule has 0 bridgehead atoms. The lowest BCUT2D eigenvalue weighted by Crippen LogP contribution is -2.03. The average Bonchev–Trinajstić information content (AvgIpc) is 3.33. The molecule has 4 aromatic rings. The van der Waals surface area contributed by atoms with Crippen LogP contribution in [0, 0.1) is 0 Å². The summed E-state index contributed by atoms with van der Waals surface area (Å²) in [6.45, 7) is 2.90. The Labute approximate surface area is 153 Å². The van der Waals surface area contributed by atoms with E-state index in [1.54, 1.807) is 11.3 Å². The van der Waals surface area contributed by atoms with Gasteiger partial charge in [-0.05, 0) is 30.0 Å². The highest BCUT2D eigenvalue weighted by Gasteiger charge is 2.19. The Balaban J connectivity index is 1.82. The summed E-state index contributed by atoms with van der Waals surface area (Å²) in [6.07, 6.45) is 0. The molecule has 0 amide bonds. The van der Waals surface area contributed by atoms with Crippen LogP contribution in [0.5, 0.6) is 0 Å². The third kappa shape index (κ3) is 3.10. The number of esters is 1. The van der Waals surface area contributed by atoms with Gasteiger partial charge >= 0.3 is 5.97 Å². The van der Waals surface area contributed by atoms with E-state index in [1.165, 1.54) is 16.9 Å². The first kappa shape index (κ1) is 16.1. The zero-order valence-corrected chi connectivity index (χ0v) is 15.3. The van der Waals surface area contributed by atoms with E-state index in [0.717, 1.165) is 21.0 Å². The number of benzene rings is 1.